The maximum absolute atomic E-state index is 13.8. The number of amides is 1. The molecule has 0 bridgehead atoms. The van der Waals surface area contributed by atoms with Gasteiger partial charge in [-0.15, -0.1) is 0 Å². The van der Waals surface area contributed by atoms with Crippen LogP contribution in [0.1, 0.15) is 30.0 Å². The van der Waals surface area contributed by atoms with Crippen molar-refractivity contribution in [1.82, 2.24) is 4.90 Å². The number of halogens is 1. The molecule has 1 amide bonds. The first kappa shape index (κ1) is 19.3. The van der Waals surface area contributed by atoms with E-state index < -0.39 is 29.5 Å². The van der Waals surface area contributed by atoms with Gasteiger partial charge in [-0.2, -0.15) is 0 Å². The summed E-state index contributed by atoms with van der Waals surface area (Å²) in [6.07, 6.45) is -0.0584. The molecular formula is C21H18FNO5. The van der Waals surface area contributed by atoms with E-state index in [1.165, 1.54) is 23.1 Å². The van der Waals surface area contributed by atoms with Crippen LogP contribution >= 0.6 is 0 Å². The number of hydrogen-bond donors (Lipinski definition) is 2. The Bertz CT molecular complexity index is 954. The molecule has 0 radical (unpaired) electrons. The molecule has 1 saturated heterocycles. The van der Waals surface area contributed by atoms with Crippen LogP contribution in [0, 0.1) is 5.82 Å². The molecule has 28 heavy (non-hydrogen) atoms. The van der Waals surface area contributed by atoms with Gasteiger partial charge < -0.3 is 15.1 Å². The number of carboxylic acids is 1. The highest BCUT2D eigenvalue weighted by atomic mass is 19.1. The highest BCUT2D eigenvalue weighted by molar-refractivity contribution is 6.46. The third kappa shape index (κ3) is 3.78. The summed E-state index contributed by atoms with van der Waals surface area (Å²) in [6.45, 7) is -0.0103. The summed E-state index contributed by atoms with van der Waals surface area (Å²) in [5.41, 5.74) is 0.538. The number of carboxylic acid groups (broad SMARTS) is 1. The van der Waals surface area contributed by atoms with E-state index in [4.69, 9.17) is 5.11 Å². The molecule has 0 unspecified atom stereocenters. The van der Waals surface area contributed by atoms with Crippen LogP contribution < -0.4 is 0 Å². The number of aliphatic hydroxyl groups is 1. The number of aliphatic carboxylic acids is 1. The third-order valence-electron chi connectivity index (χ3n) is 4.54. The Balaban J connectivity index is 2.10. The monoisotopic (exact) mass is 383 g/mol. The van der Waals surface area contributed by atoms with Gasteiger partial charge in [-0.25, -0.2) is 4.39 Å². The van der Waals surface area contributed by atoms with Crippen LogP contribution in [0.5, 0.6) is 0 Å². The molecule has 6 nitrogen and oxygen atoms in total. The first-order chi connectivity index (χ1) is 13.4. The highest BCUT2D eigenvalue weighted by Crippen LogP contribution is 2.39. The van der Waals surface area contributed by atoms with Crippen molar-refractivity contribution in [2.75, 3.05) is 6.54 Å². The van der Waals surface area contributed by atoms with Crippen LogP contribution in [0.4, 0.5) is 4.39 Å². The van der Waals surface area contributed by atoms with E-state index in [0.29, 0.717) is 11.1 Å². The fourth-order valence-electron chi connectivity index (χ4n) is 3.29. The molecular weight excluding hydrogens is 365 g/mol. The summed E-state index contributed by atoms with van der Waals surface area (Å²) < 4.78 is 13.8. The number of Topliss-reactive ketones (excluding diaryl/α,β-unsaturated/α-hetero) is 1. The average Bonchev–Trinajstić information content (AvgIpc) is 2.93. The maximum atomic E-state index is 13.8. The predicted molar refractivity (Wildman–Crippen MR) is 98.7 cm³/mol. The first-order valence-electron chi connectivity index (χ1n) is 8.71. The first-order valence-corrected chi connectivity index (χ1v) is 8.71. The van der Waals surface area contributed by atoms with Crippen molar-refractivity contribution in [3.8, 4) is 0 Å². The molecule has 1 fully saturated rings. The van der Waals surface area contributed by atoms with Gasteiger partial charge in [0.15, 0.2) is 0 Å². The Morgan fingerprint density at radius 2 is 1.75 bits per heavy atom. The lowest BCUT2D eigenvalue weighted by Crippen LogP contribution is -2.31. The van der Waals surface area contributed by atoms with Gasteiger partial charge in [0.1, 0.15) is 11.6 Å². The lowest BCUT2D eigenvalue weighted by molar-refractivity contribution is -0.140. The Hall–Kier alpha value is -3.48. The summed E-state index contributed by atoms with van der Waals surface area (Å²) in [7, 11) is 0. The minimum atomic E-state index is -1.02. The maximum Gasteiger partial charge on any atom is 0.303 e. The topological polar surface area (TPSA) is 94.9 Å². The fourth-order valence-corrected chi connectivity index (χ4v) is 3.29. The zero-order valence-corrected chi connectivity index (χ0v) is 14.8. The molecule has 1 heterocycles. The zero-order valence-electron chi connectivity index (χ0n) is 14.8. The number of benzene rings is 2. The van der Waals surface area contributed by atoms with Gasteiger partial charge in [-0.1, -0.05) is 42.5 Å². The standard InChI is InChI=1S/C21H18FNO5/c22-15-9-4-8-14(12-15)18-17(19(26)13-6-2-1-3-7-13)20(27)21(28)23(18)11-5-10-16(24)25/h1-4,6-9,12,18,26H,5,10-11H2,(H,24,25)/t18-/m1/s1. The van der Waals surface area contributed by atoms with Gasteiger partial charge in [0.25, 0.3) is 11.7 Å². The van der Waals surface area contributed by atoms with Gasteiger partial charge in [0.05, 0.1) is 11.6 Å². The molecule has 1 aliphatic heterocycles. The highest BCUT2D eigenvalue weighted by Gasteiger charge is 2.45. The van der Waals surface area contributed by atoms with Gasteiger partial charge in [-0.3, -0.25) is 14.4 Å². The summed E-state index contributed by atoms with van der Waals surface area (Å²) in [6, 6.07) is 12.7. The van der Waals surface area contributed by atoms with Crippen LogP contribution in [-0.4, -0.2) is 39.3 Å². The molecule has 144 valence electrons. The van der Waals surface area contributed by atoms with Crippen molar-refractivity contribution in [1.29, 1.82) is 0 Å². The minimum absolute atomic E-state index is 0.0103. The molecule has 1 aliphatic rings. The number of carbonyl (C=O) groups excluding carboxylic acids is 2. The molecule has 2 aromatic rings. The third-order valence-corrected chi connectivity index (χ3v) is 4.54. The van der Waals surface area contributed by atoms with Crippen LogP contribution in [0.15, 0.2) is 60.2 Å². The van der Waals surface area contributed by atoms with Gasteiger partial charge in [0.2, 0.25) is 0 Å². The zero-order chi connectivity index (χ0) is 20.3. The largest absolute Gasteiger partial charge is 0.507 e. The number of nitrogens with zero attached hydrogens (tertiary/aromatic N) is 1. The van der Waals surface area contributed by atoms with E-state index in [1.807, 2.05) is 0 Å². The summed E-state index contributed by atoms with van der Waals surface area (Å²) in [5.74, 6) is -3.66. The van der Waals surface area contributed by atoms with Crippen LogP contribution in [0.3, 0.4) is 0 Å². The van der Waals surface area contributed by atoms with Crippen LogP contribution in [-0.2, 0) is 14.4 Å². The van der Waals surface area contributed by atoms with Crippen molar-refractivity contribution in [2.45, 2.75) is 18.9 Å². The van der Waals surface area contributed by atoms with E-state index in [9.17, 15) is 23.9 Å². The quantitative estimate of drug-likeness (QED) is 0.454. The molecule has 0 spiro atoms. The van der Waals surface area contributed by atoms with E-state index in [1.54, 1.807) is 36.4 Å². The van der Waals surface area contributed by atoms with Crippen LogP contribution in [0.25, 0.3) is 5.76 Å². The SMILES string of the molecule is O=C(O)CCCN1C(=O)C(=O)C(=C(O)c2ccccc2)[C@H]1c1cccc(F)c1. The predicted octanol–water partition coefficient (Wildman–Crippen LogP) is 3.11. The molecule has 2 aromatic carbocycles. The number of aliphatic hydroxyl groups excluding tert-OH is 1. The van der Waals surface area contributed by atoms with E-state index in [-0.39, 0.29) is 30.7 Å². The average molecular weight is 383 g/mol. The molecule has 2 N–H and O–H groups in total. The number of ketones is 1. The van der Waals surface area contributed by atoms with Crippen molar-refractivity contribution in [3.63, 3.8) is 0 Å². The molecule has 0 saturated carbocycles. The number of carbonyl (C=O) groups is 3. The molecule has 3 rings (SSSR count). The summed E-state index contributed by atoms with van der Waals surface area (Å²) in [5, 5.41) is 19.6. The Kier molecular flexibility index (Phi) is 5.54. The lowest BCUT2D eigenvalue weighted by atomic mass is 9.95. The number of hydrogen-bond acceptors (Lipinski definition) is 4. The van der Waals surface area contributed by atoms with E-state index >= 15 is 0 Å². The number of likely N-dealkylation sites (tertiary alicyclic amines) is 1. The van der Waals surface area contributed by atoms with Crippen LogP contribution in [0.2, 0.25) is 0 Å². The van der Waals surface area contributed by atoms with Crippen molar-refractivity contribution >= 4 is 23.4 Å². The second-order valence-corrected chi connectivity index (χ2v) is 6.41. The molecule has 1 atom stereocenters. The second-order valence-electron chi connectivity index (χ2n) is 6.41. The Morgan fingerprint density at radius 3 is 2.39 bits per heavy atom. The Labute approximate surface area is 160 Å². The van der Waals surface area contributed by atoms with Crippen molar-refractivity contribution in [2.24, 2.45) is 0 Å². The molecule has 7 heteroatoms. The smallest absolute Gasteiger partial charge is 0.303 e. The van der Waals surface area contributed by atoms with Gasteiger partial charge in [-0.05, 0) is 24.1 Å². The number of rotatable bonds is 6. The van der Waals surface area contributed by atoms with E-state index in [2.05, 4.69) is 0 Å². The summed E-state index contributed by atoms with van der Waals surface area (Å²) in [4.78, 5) is 37.3. The molecule has 0 aromatic heterocycles. The molecule has 0 aliphatic carbocycles. The Morgan fingerprint density at radius 1 is 1.04 bits per heavy atom. The normalized spacial score (nSPS) is 18.5. The van der Waals surface area contributed by atoms with Gasteiger partial charge in [0, 0.05) is 18.5 Å². The fraction of sp³-hybridized carbons (Fsp3) is 0.190. The van der Waals surface area contributed by atoms with Crippen molar-refractivity contribution < 1.29 is 29.0 Å². The van der Waals surface area contributed by atoms with Crippen molar-refractivity contribution in [3.05, 3.63) is 77.1 Å². The summed E-state index contributed by atoms with van der Waals surface area (Å²) >= 11 is 0. The van der Waals surface area contributed by atoms with E-state index in [0.717, 1.165) is 0 Å². The second kappa shape index (κ2) is 8.04. The minimum Gasteiger partial charge on any atom is -0.507 e. The van der Waals surface area contributed by atoms with Gasteiger partial charge >= 0.3 is 5.97 Å². The lowest BCUT2D eigenvalue weighted by Gasteiger charge is -2.25.